The quantitative estimate of drug-likeness (QED) is 0.647. The van der Waals surface area contributed by atoms with Gasteiger partial charge in [0.2, 0.25) is 15.9 Å². The van der Waals surface area contributed by atoms with Crippen LogP contribution in [0.4, 0.5) is 0 Å². The Labute approximate surface area is 142 Å². The average Bonchev–Trinajstić information content (AvgIpc) is 2.53. The average molecular weight is 356 g/mol. The maximum Gasteiger partial charge on any atom is 0.303 e. The van der Waals surface area contributed by atoms with Gasteiger partial charge in [-0.25, -0.2) is 8.42 Å². The lowest BCUT2D eigenvalue weighted by molar-refractivity contribution is -0.137. The van der Waals surface area contributed by atoms with E-state index in [4.69, 9.17) is 5.11 Å². The van der Waals surface area contributed by atoms with Gasteiger partial charge in [-0.05, 0) is 25.3 Å². The van der Waals surface area contributed by atoms with Gasteiger partial charge >= 0.3 is 5.97 Å². The first kappa shape index (κ1) is 20.1. The molecule has 7 nitrogen and oxygen atoms in total. The molecule has 134 valence electrons. The minimum Gasteiger partial charge on any atom is -0.481 e. The predicted octanol–water partition coefficient (Wildman–Crippen LogP) is 0.860. The Morgan fingerprint density at radius 1 is 1.25 bits per heavy atom. The lowest BCUT2D eigenvalue weighted by Crippen LogP contribution is -2.44. The lowest BCUT2D eigenvalue weighted by atomic mass is 10.0. The molecular weight excluding hydrogens is 332 g/mol. The van der Waals surface area contributed by atoms with Gasteiger partial charge in [0.1, 0.15) is 0 Å². The second-order valence-electron chi connectivity index (χ2n) is 5.54. The van der Waals surface area contributed by atoms with Crippen LogP contribution in [0.15, 0.2) is 30.3 Å². The number of hydrogen-bond donors (Lipinski definition) is 2. The number of likely N-dealkylation sites (N-methyl/N-ethyl adjacent to an activating group) is 1. The van der Waals surface area contributed by atoms with Crippen molar-refractivity contribution in [3.8, 4) is 0 Å². The van der Waals surface area contributed by atoms with Crippen molar-refractivity contribution in [1.29, 1.82) is 0 Å². The Morgan fingerprint density at radius 2 is 1.88 bits per heavy atom. The third-order valence-corrected chi connectivity index (χ3v) is 5.41. The molecule has 0 saturated heterocycles. The van der Waals surface area contributed by atoms with Crippen LogP contribution in [0, 0.1) is 0 Å². The fourth-order valence-electron chi connectivity index (χ4n) is 2.22. The van der Waals surface area contributed by atoms with Gasteiger partial charge in [-0.1, -0.05) is 30.3 Å². The zero-order valence-corrected chi connectivity index (χ0v) is 14.8. The summed E-state index contributed by atoms with van der Waals surface area (Å²) in [5, 5.41) is 11.6. The number of aliphatic carboxylic acids is 1. The number of hydrogen-bond acceptors (Lipinski definition) is 4. The van der Waals surface area contributed by atoms with E-state index < -0.39 is 21.9 Å². The van der Waals surface area contributed by atoms with Crippen molar-refractivity contribution < 1.29 is 23.1 Å². The molecule has 0 heterocycles. The second kappa shape index (κ2) is 9.39. The zero-order valence-electron chi connectivity index (χ0n) is 13.9. The molecule has 0 aliphatic rings. The van der Waals surface area contributed by atoms with E-state index in [9.17, 15) is 18.0 Å². The topological polar surface area (TPSA) is 104 Å². The molecule has 1 unspecified atom stereocenters. The Bertz CT molecular complexity index is 646. The number of carboxylic acid groups (broad SMARTS) is 1. The molecule has 2 N–H and O–H groups in total. The summed E-state index contributed by atoms with van der Waals surface area (Å²) < 4.78 is 24.4. The van der Waals surface area contributed by atoms with Crippen LogP contribution in [-0.4, -0.2) is 55.1 Å². The summed E-state index contributed by atoms with van der Waals surface area (Å²) in [5.74, 6) is -1.46. The lowest BCUT2D eigenvalue weighted by Gasteiger charge is -2.21. The van der Waals surface area contributed by atoms with E-state index in [0.29, 0.717) is 6.42 Å². The molecule has 0 spiro atoms. The summed E-state index contributed by atoms with van der Waals surface area (Å²) in [4.78, 5) is 22.9. The molecule has 0 fully saturated rings. The van der Waals surface area contributed by atoms with Gasteiger partial charge in [0, 0.05) is 19.5 Å². The minimum absolute atomic E-state index is 0.0686. The third-order valence-electron chi connectivity index (χ3n) is 3.60. The third kappa shape index (κ3) is 7.10. The highest BCUT2D eigenvalue weighted by Gasteiger charge is 2.20. The molecule has 1 amide bonds. The molecule has 0 aliphatic heterocycles. The van der Waals surface area contributed by atoms with Crippen LogP contribution < -0.4 is 5.32 Å². The van der Waals surface area contributed by atoms with Crippen LogP contribution in [0.2, 0.25) is 0 Å². The normalized spacial score (nSPS) is 12.8. The van der Waals surface area contributed by atoms with E-state index in [1.54, 1.807) is 0 Å². The first-order valence-corrected chi connectivity index (χ1v) is 9.34. The Balaban J connectivity index is 2.69. The summed E-state index contributed by atoms with van der Waals surface area (Å²) in [7, 11) is -2.09. The molecular formula is C16H24N2O5S. The number of nitrogens with zero attached hydrogens (tertiary/aromatic N) is 1. The number of carboxylic acids is 1. The number of amides is 1. The van der Waals surface area contributed by atoms with Gasteiger partial charge in [-0.15, -0.1) is 0 Å². The largest absolute Gasteiger partial charge is 0.481 e. The highest BCUT2D eigenvalue weighted by Crippen LogP contribution is 2.08. The number of rotatable bonds is 10. The minimum atomic E-state index is -3.44. The Hall–Kier alpha value is -1.93. The van der Waals surface area contributed by atoms with Crippen LogP contribution in [0.25, 0.3) is 0 Å². The SMILES string of the molecule is CCS(=O)(=O)N(C)CC(=O)NC(CCC(=O)O)Cc1ccccc1. The van der Waals surface area contributed by atoms with E-state index in [0.717, 1.165) is 9.87 Å². The first-order chi connectivity index (χ1) is 11.2. The van der Waals surface area contributed by atoms with Gasteiger partial charge in [0.25, 0.3) is 0 Å². The molecule has 0 radical (unpaired) electrons. The molecule has 0 bridgehead atoms. The molecule has 1 aromatic rings. The van der Waals surface area contributed by atoms with Crippen LogP contribution in [0.5, 0.6) is 0 Å². The smallest absolute Gasteiger partial charge is 0.303 e. The summed E-state index contributed by atoms with van der Waals surface area (Å²) in [6.45, 7) is 1.23. The van der Waals surface area contributed by atoms with Crippen molar-refractivity contribution in [1.82, 2.24) is 9.62 Å². The monoisotopic (exact) mass is 356 g/mol. The Morgan fingerprint density at radius 3 is 2.42 bits per heavy atom. The van der Waals surface area contributed by atoms with Gasteiger partial charge in [0.05, 0.1) is 12.3 Å². The number of carbonyl (C=O) groups excluding carboxylic acids is 1. The zero-order chi connectivity index (χ0) is 18.2. The molecule has 0 aliphatic carbocycles. The van der Waals surface area contributed by atoms with Gasteiger partial charge in [-0.2, -0.15) is 4.31 Å². The fourth-order valence-corrected chi connectivity index (χ4v) is 2.97. The molecule has 0 aromatic heterocycles. The molecule has 1 rings (SSSR count). The van der Waals surface area contributed by atoms with Crippen LogP contribution in [-0.2, 0) is 26.0 Å². The van der Waals surface area contributed by atoms with E-state index in [1.807, 2.05) is 30.3 Å². The van der Waals surface area contributed by atoms with Crippen molar-refractivity contribution in [2.45, 2.75) is 32.2 Å². The summed E-state index contributed by atoms with van der Waals surface area (Å²) in [6, 6.07) is 9.04. The molecule has 1 atom stereocenters. The predicted molar refractivity (Wildman–Crippen MR) is 91.0 cm³/mol. The fraction of sp³-hybridized carbons (Fsp3) is 0.500. The van der Waals surface area contributed by atoms with Gasteiger partial charge in [-0.3, -0.25) is 9.59 Å². The molecule has 0 saturated carbocycles. The van der Waals surface area contributed by atoms with Crippen LogP contribution in [0.1, 0.15) is 25.3 Å². The van der Waals surface area contributed by atoms with Crippen LogP contribution in [0.3, 0.4) is 0 Å². The molecule has 24 heavy (non-hydrogen) atoms. The number of benzene rings is 1. The summed E-state index contributed by atoms with van der Waals surface area (Å²) >= 11 is 0. The number of carbonyl (C=O) groups is 2. The summed E-state index contributed by atoms with van der Waals surface area (Å²) in [6.07, 6.45) is 0.700. The van der Waals surface area contributed by atoms with Crippen molar-refractivity contribution in [2.75, 3.05) is 19.3 Å². The number of sulfonamides is 1. The summed E-state index contributed by atoms with van der Waals surface area (Å²) in [5.41, 5.74) is 0.975. The van der Waals surface area contributed by atoms with Gasteiger partial charge in [0.15, 0.2) is 0 Å². The van der Waals surface area contributed by atoms with E-state index >= 15 is 0 Å². The van der Waals surface area contributed by atoms with Crippen molar-refractivity contribution in [3.05, 3.63) is 35.9 Å². The van der Waals surface area contributed by atoms with E-state index in [2.05, 4.69) is 5.32 Å². The maximum absolute atomic E-state index is 12.1. The highest BCUT2D eigenvalue weighted by molar-refractivity contribution is 7.89. The van der Waals surface area contributed by atoms with Crippen LogP contribution >= 0.6 is 0 Å². The standard InChI is InChI=1S/C16H24N2O5S/c1-3-24(22,23)18(2)12-15(19)17-14(9-10-16(20)21)11-13-7-5-4-6-8-13/h4-8,14H,3,9-12H2,1-2H3,(H,17,19)(H,20,21). The van der Waals surface area contributed by atoms with Gasteiger partial charge < -0.3 is 10.4 Å². The van der Waals surface area contributed by atoms with Crippen molar-refractivity contribution in [3.63, 3.8) is 0 Å². The van der Waals surface area contributed by atoms with E-state index in [-0.39, 0.29) is 31.2 Å². The van der Waals surface area contributed by atoms with Crippen molar-refractivity contribution >= 4 is 21.9 Å². The second-order valence-corrected chi connectivity index (χ2v) is 7.91. The number of nitrogens with one attached hydrogen (secondary N) is 1. The maximum atomic E-state index is 12.1. The first-order valence-electron chi connectivity index (χ1n) is 7.73. The van der Waals surface area contributed by atoms with Crippen molar-refractivity contribution in [2.24, 2.45) is 0 Å². The van der Waals surface area contributed by atoms with E-state index in [1.165, 1.54) is 14.0 Å². The molecule has 1 aromatic carbocycles. The highest BCUT2D eigenvalue weighted by atomic mass is 32.2. The molecule has 8 heteroatoms. The Kier molecular flexibility index (Phi) is 7.87.